The van der Waals surface area contributed by atoms with Crippen molar-refractivity contribution in [1.82, 2.24) is 5.32 Å². The number of carbonyl (C=O) groups excluding carboxylic acids is 1. The highest BCUT2D eigenvalue weighted by atomic mass is 16.1. The van der Waals surface area contributed by atoms with Crippen molar-refractivity contribution in [3.8, 4) is 6.07 Å². The standard InChI is InChI=1S/C13H22N2O/c1-11(9-14)10-15-13(16)12-7-5-3-2-4-6-8-12/h11-12H,2-8,10H2,1H3,(H,15,16). The first-order valence-electron chi connectivity index (χ1n) is 6.41. The van der Waals surface area contributed by atoms with Crippen molar-refractivity contribution >= 4 is 5.91 Å². The Morgan fingerprint density at radius 1 is 1.31 bits per heavy atom. The first-order chi connectivity index (χ1) is 7.74. The molecule has 1 unspecified atom stereocenters. The van der Waals surface area contributed by atoms with Gasteiger partial charge < -0.3 is 5.32 Å². The maximum absolute atomic E-state index is 11.9. The van der Waals surface area contributed by atoms with Crippen molar-refractivity contribution in [2.75, 3.05) is 6.54 Å². The molecule has 0 aromatic rings. The maximum Gasteiger partial charge on any atom is 0.223 e. The smallest absolute Gasteiger partial charge is 0.223 e. The highest BCUT2D eigenvalue weighted by Crippen LogP contribution is 2.22. The molecule has 1 aliphatic rings. The summed E-state index contributed by atoms with van der Waals surface area (Å²) in [5.41, 5.74) is 0. The van der Waals surface area contributed by atoms with Crippen LogP contribution in [0.4, 0.5) is 0 Å². The summed E-state index contributed by atoms with van der Waals surface area (Å²) in [6, 6.07) is 2.13. The zero-order valence-corrected chi connectivity index (χ0v) is 10.2. The molecule has 1 fully saturated rings. The summed E-state index contributed by atoms with van der Waals surface area (Å²) in [5.74, 6) is 0.257. The lowest BCUT2D eigenvalue weighted by Crippen LogP contribution is -2.33. The molecule has 0 heterocycles. The Morgan fingerprint density at radius 3 is 2.44 bits per heavy atom. The predicted octanol–water partition coefficient (Wildman–Crippen LogP) is 2.62. The molecule has 1 amide bonds. The molecule has 0 spiro atoms. The fraction of sp³-hybridized carbons (Fsp3) is 0.846. The number of nitriles is 1. The van der Waals surface area contributed by atoms with E-state index in [2.05, 4.69) is 11.4 Å². The molecular weight excluding hydrogens is 200 g/mol. The molecule has 1 atom stereocenters. The second kappa shape index (κ2) is 7.27. The number of carbonyl (C=O) groups is 1. The Balaban J connectivity index is 2.30. The van der Waals surface area contributed by atoms with Gasteiger partial charge in [-0.1, -0.05) is 32.1 Å². The summed E-state index contributed by atoms with van der Waals surface area (Å²) in [7, 11) is 0. The molecule has 1 N–H and O–H groups in total. The number of amides is 1. The molecule has 0 aromatic heterocycles. The summed E-state index contributed by atoms with van der Waals surface area (Å²) in [4.78, 5) is 11.9. The van der Waals surface area contributed by atoms with E-state index in [1.54, 1.807) is 0 Å². The van der Waals surface area contributed by atoms with Crippen LogP contribution in [0.25, 0.3) is 0 Å². The Labute approximate surface area is 98.2 Å². The van der Waals surface area contributed by atoms with Gasteiger partial charge in [-0.25, -0.2) is 0 Å². The highest BCUT2D eigenvalue weighted by molar-refractivity contribution is 5.78. The molecule has 0 radical (unpaired) electrons. The molecular formula is C13H22N2O. The van der Waals surface area contributed by atoms with E-state index in [0.29, 0.717) is 6.54 Å². The van der Waals surface area contributed by atoms with Gasteiger partial charge in [0.2, 0.25) is 5.91 Å². The van der Waals surface area contributed by atoms with E-state index in [1.165, 1.54) is 32.1 Å². The number of hydrogen-bond acceptors (Lipinski definition) is 2. The summed E-state index contributed by atoms with van der Waals surface area (Å²) < 4.78 is 0. The Kier molecular flexibility index (Phi) is 5.92. The van der Waals surface area contributed by atoms with Gasteiger partial charge in [0.25, 0.3) is 0 Å². The van der Waals surface area contributed by atoms with Crippen LogP contribution in [0.15, 0.2) is 0 Å². The summed E-state index contributed by atoms with van der Waals surface area (Å²) in [6.45, 7) is 2.32. The second-order valence-electron chi connectivity index (χ2n) is 4.82. The van der Waals surface area contributed by atoms with Crippen molar-refractivity contribution in [1.29, 1.82) is 5.26 Å². The minimum atomic E-state index is -0.0856. The van der Waals surface area contributed by atoms with Gasteiger partial charge in [-0.05, 0) is 19.8 Å². The normalized spacial score (nSPS) is 20.2. The zero-order valence-electron chi connectivity index (χ0n) is 10.2. The van der Waals surface area contributed by atoms with Gasteiger partial charge in [-0.3, -0.25) is 4.79 Å². The molecule has 1 aliphatic carbocycles. The number of nitrogens with one attached hydrogen (secondary N) is 1. The van der Waals surface area contributed by atoms with Crippen LogP contribution in [0.1, 0.15) is 51.9 Å². The molecule has 0 aliphatic heterocycles. The minimum Gasteiger partial charge on any atom is -0.355 e. The van der Waals surface area contributed by atoms with Crippen LogP contribution in [-0.4, -0.2) is 12.5 Å². The number of rotatable bonds is 3. The van der Waals surface area contributed by atoms with Crippen LogP contribution in [0.2, 0.25) is 0 Å². The van der Waals surface area contributed by atoms with Crippen LogP contribution in [-0.2, 0) is 4.79 Å². The summed E-state index contributed by atoms with van der Waals surface area (Å²) in [5, 5.41) is 11.5. The van der Waals surface area contributed by atoms with Crippen LogP contribution in [0.5, 0.6) is 0 Å². The first kappa shape index (κ1) is 13.0. The fourth-order valence-corrected chi connectivity index (χ4v) is 2.16. The van der Waals surface area contributed by atoms with Crippen LogP contribution >= 0.6 is 0 Å². The van der Waals surface area contributed by atoms with Gasteiger partial charge in [0, 0.05) is 12.5 Å². The van der Waals surface area contributed by atoms with Gasteiger partial charge in [0.05, 0.1) is 12.0 Å². The number of hydrogen-bond donors (Lipinski definition) is 1. The molecule has 0 aromatic carbocycles. The summed E-state index contributed by atoms with van der Waals surface area (Å²) in [6.07, 6.45) is 8.23. The molecule has 3 nitrogen and oxygen atoms in total. The largest absolute Gasteiger partial charge is 0.355 e. The van der Waals surface area contributed by atoms with Gasteiger partial charge in [0.15, 0.2) is 0 Å². The maximum atomic E-state index is 11.9. The third kappa shape index (κ3) is 4.65. The molecule has 0 saturated heterocycles. The van der Waals surface area contributed by atoms with E-state index in [0.717, 1.165) is 12.8 Å². The van der Waals surface area contributed by atoms with Crippen molar-refractivity contribution in [3.05, 3.63) is 0 Å². The Morgan fingerprint density at radius 2 is 1.88 bits per heavy atom. The van der Waals surface area contributed by atoms with Gasteiger partial charge in [0.1, 0.15) is 0 Å². The Bertz CT molecular complexity index is 249. The zero-order chi connectivity index (χ0) is 11.8. The highest BCUT2D eigenvalue weighted by Gasteiger charge is 2.19. The van der Waals surface area contributed by atoms with E-state index >= 15 is 0 Å². The minimum absolute atomic E-state index is 0.0856. The molecule has 1 saturated carbocycles. The first-order valence-corrected chi connectivity index (χ1v) is 6.41. The molecule has 1 rings (SSSR count). The number of nitrogens with zero attached hydrogens (tertiary/aromatic N) is 1. The van der Waals surface area contributed by atoms with E-state index < -0.39 is 0 Å². The SMILES string of the molecule is CC(C#N)CNC(=O)C1CCCCCCC1. The van der Waals surface area contributed by atoms with Gasteiger partial charge in [-0.2, -0.15) is 5.26 Å². The van der Waals surface area contributed by atoms with E-state index in [1.807, 2.05) is 6.92 Å². The van der Waals surface area contributed by atoms with E-state index in [-0.39, 0.29) is 17.7 Å². The molecule has 3 heteroatoms. The lowest BCUT2D eigenvalue weighted by Gasteiger charge is -2.19. The quantitative estimate of drug-likeness (QED) is 0.798. The van der Waals surface area contributed by atoms with Crippen LogP contribution in [0.3, 0.4) is 0 Å². The molecule has 90 valence electrons. The average molecular weight is 222 g/mol. The predicted molar refractivity (Wildman–Crippen MR) is 63.6 cm³/mol. The van der Waals surface area contributed by atoms with E-state index in [9.17, 15) is 4.79 Å². The molecule has 16 heavy (non-hydrogen) atoms. The van der Waals surface area contributed by atoms with Crippen molar-refractivity contribution in [2.45, 2.75) is 51.9 Å². The fourth-order valence-electron chi connectivity index (χ4n) is 2.16. The Hall–Kier alpha value is -1.04. The monoisotopic (exact) mass is 222 g/mol. The van der Waals surface area contributed by atoms with Crippen LogP contribution in [0, 0.1) is 23.2 Å². The molecule has 0 bridgehead atoms. The third-order valence-corrected chi connectivity index (χ3v) is 3.28. The second-order valence-corrected chi connectivity index (χ2v) is 4.82. The van der Waals surface area contributed by atoms with Crippen molar-refractivity contribution < 1.29 is 4.79 Å². The lowest BCUT2D eigenvalue weighted by atomic mass is 9.90. The van der Waals surface area contributed by atoms with Crippen LogP contribution < -0.4 is 5.32 Å². The van der Waals surface area contributed by atoms with Gasteiger partial charge in [-0.15, -0.1) is 0 Å². The van der Waals surface area contributed by atoms with Crippen molar-refractivity contribution in [2.24, 2.45) is 11.8 Å². The van der Waals surface area contributed by atoms with Crippen molar-refractivity contribution in [3.63, 3.8) is 0 Å². The van der Waals surface area contributed by atoms with Gasteiger partial charge >= 0.3 is 0 Å². The lowest BCUT2D eigenvalue weighted by molar-refractivity contribution is -0.125. The van der Waals surface area contributed by atoms with E-state index in [4.69, 9.17) is 5.26 Å². The summed E-state index contributed by atoms with van der Waals surface area (Å²) >= 11 is 0. The average Bonchev–Trinajstić information content (AvgIpc) is 2.25. The third-order valence-electron chi connectivity index (χ3n) is 3.28. The topological polar surface area (TPSA) is 52.9 Å².